The Labute approximate surface area is 107 Å². The van der Waals surface area contributed by atoms with Crippen LogP contribution in [-0.2, 0) is 9.59 Å². The molecule has 0 aliphatic heterocycles. The van der Waals surface area contributed by atoms with Crippen LogP contribution in [-0.4, -0.2) is 35.4 Å². The summed E-state index contributed by atoms with van der Waals surface area (Å²) in [6.07, 6.45) is 0.191. The molecule has 0 saturated carbocycles. The number of amides is 2. The molecule has 0 aliphatic rings. The van der Waals surface area contributed by atoms with Crippen LogP contribution in [0.5, 0.6) is 0 Å². The predicted octanol–water partition coefficient (Wildman–Crippen LogP) is -0.210. The minimum absolute atomic E-state index is 0.0711. The molecular weight excluding hydrogens is 236 g/mol. The van der Waals surface area contributed by atoms with Crippen molar-refractivity contribution in [2.75, 3.05) is 6.54 Å². The number of oxime groups is 1. The Hall–Kier alpha value is -1.79. The van der Waals surface area contributed by atoms with Crippen LogP contribution in [0.4, 0.5) is 0 Å². The fraction of sp³-hybridized carbons (Fsp3) is 0.727. The number of nitrogens with one attached hydrogen (secondary N) is 2. The zero-order valence-electron chi connectivity index (χ0n) is 11.3. The number of rotatable bonds is 6. The van der Waals surface area contributed by atoms with Crippen LogP contribution in [0.3, 0.4) is 0 Å². The predicted molar refractivity (Wildman–Crippen MR) is 68.1 cm³/mol. The highest BCUT2D eigenvalue weighted by atomic mass is 16.4. The average molecular weight is 258 g/mol. The Morgan fingerprint density at radius 2 is 1.94 bits per heavy atom. The van der Waals surface area contributed by atoms with Gasteiger partial charge in [-0.1, -0.05) is 5.16 Å². The van der Waals surface area contributed by atoms with Crippen LogP contribution in [0.2, 0.25) is 0 Å². The summed E-state index contributed by atoms with van der Waals surface area (Å²) in [6, 6.07) is 0.0711. The molecule has 0 aromatic rings. The first-order chi connectivity index (χ1) is 8.21. The van der Waals surface area contributed by atoms with E-state index >= 15 is 0 Å². The summed E-state index contributed by atoms with van der Waals surface area (Å²) in [5, 5.41) is 16.7. The normalized spacial score (nSPS) is 12.4. The van der Waals surface area contributed by atoms with Crippen molar-refractivity contribution in [3.8, 4) is 0 Å². The van der Waals surface area contributed by atoms with Crippen LogP contribution in [0.25, 0.3) is 0 Å². The van der Waals surface area contributed by atoms with E-state index in [4.69, 9.17) is 10.9 Å². The summed E-state index contributed by atoms with van der Waals surface area (Å²) in [7, 11) is 0. The maximum Gasteiger partial charge on any atom is 0.233 e. The molecule has 104 valence electrons. The fourth-order valence-corrected chi connectivity index (χ4v) is 1.15. The van der Waals surface area contributed by atoms with Gasteiger partial charge in [-0.25, -0.2) is 0 Å². The summed E-state index contributed by atoms with van der Waals surface area (Å²) in [5.41, 5.74) is 4.30. The van der Waals surface area contributed by atoms with Crippen LogP contribution < -0.4 is 16.4 Å². The van der Waals surface area contributed by atoms with E-state index in [1.54, 1.807) is 0 Å². The first-order valence-electron chi connectivity index (χ1n) is 5.77. The number of nitrogens with two attached hydrogens (primary N) is 1. The van der Waals surface area contributed by atoms with Gasteiger partial charge in [0.2, 0.25) is 11.8 Å². The Morgan fingerprint density at radius 3 is 2.39 bits per heavy atom. The molecule has 7 heteroatoms. The summed E-state index contributed by atoms with van der Waals surface area (Å²) in [6.45, 7) is 6.99. The van der Waals surface area contributed by atoms with Gasteiger partial charge in [0.05, 0.1) is 0 Å². The third kappa shape index (κ3) is 5.03. The lowest BCUT2D eigenvalue weighted by Gasteiger charge is -2.21. The van der Waals surface area contributed by atoms with Crippen molar-refractivity contribution >= 4 is 17.6 Å². The average Bonchev–Trinajstić information content (AvgIpc) is 2.26. The minimum atomic E-state index is -1.11. The van der Waals surface area contributed by atoms with Gasteiger partial charge in [0.25, 0.3) is 0 Å². The second kappa shape index (κ2) is 6.83. The summed E-state index contributed by atoms with van der Waals surface area (Å²) < 4.78 is 0. The number of amidine groups is 1. The van der Waals surface area contributed by atoms with Crippen LogP contribution in [0.15, 0.2) is 5.16 Å². The molecule has 0 unspecified atom stereocenters. The number of nitrogens with zero attached hydrogens (tertiary/aromatic N) is 1. The third-order valence-electron chi connectivity index (χ3n) is 2.40. The Balaban J connectivity index is 4.16. The second-order valence-corrected chi connectivity index (χ2v) is 4.84. The molecule has 0 aromatic carbocycles. The van der Waals surface area contributed by atoms with Gasteiger partial charge in [0, 0.05) is 19.0 Å². The third-order valence-corrected chi connectivity index (χ3v) is 2.40. The maximum atomic E-state index is 11.8. The SMILES string of the molecule is CC(C)NC(=O)CCNC(=O)C(C)(C)C(N)=NO. The smallest absolute Gasteiger partial charge is 0.233 e. The first-order valence-corrected chi connectivity index (χ1v) is 5.77. The molecule has 0 heterocycles. The molecule has 7 nitrogen and oxygen atoms in total. The Kier molecular flexibility index (Phi) is 6.15. The molecule has 2 amide bonds. The van der Waals surface area contributed by atoms with Crippen molar-refractivity contribution < 1.29 is 14.8 Å². The molecule has 5 N–H and O–H groups in total. The highest BCUT2D eigenvalue weighted by Gasteiger charge is 2.32. The van der Waals surface area contributed by atoms with E-state index in [1.807, 2.05) is 13.8 Å². The van der Waals surface area contributed by atoms with Gasteiger partial charge in [-0.05, 0) is 27.7 Å². The van der Waals surface area contributed by atoms with E-state index in [0.29, 0.717) is 0 Å². The molecule has 0 spiro atoms. The van der Waals surface area contributed by atoms with E-state index < -0.39 is 11.3 Å². The number of hydrogen-bond acceptors (Lipinski definition) is 4. The summed E-state index contributed by atoms with van der Waals surface area (Å²) >= 11 is 0. The quantitative estimate of drug-likeness (QED) is 0.228. The molecule has 0 radical (unpaired) electrons. The zero-order chi connectivity index (χ0) is 14.3. The lowest BCUT2D eigenvalue weighted by Crippen LogP contribution is -2.46. The van der Waals surface area contributed by atoms with Gasteiger partial charge < -0.3 is 21.6 Å². The first kappa shape index (κ1) is 16.2. The Bertz CT molecular complexity index is 337. The largest absolute Gasteiger partial charge is 0.409 e. The molecule has 0 atom stereocenters. The van der Waals surface area contributed by atoms with Gasteiger partial charge in [-0.15, -0.1) is 0 Å². The molecule has 0 bridgehead atoms. The lowest BCUT2D eigenvalue weighted by atomic mass is 9.91. The second-order valence-electron chi connectivity index (χ2n) is 4.84. The van der Waals surface area contributed by atoms with E-state index in [-0.39, 0.29) is 30.8 Å². The number of carbonyl (C=O) groups is 2. The van der Waals surface area contributed by atoms with Crippen molar-refractivity contribution in [1.82, 2.24) is 10.6 Å². The van der Waals surface area contributed by atoms with E-state index in [2.05, 4.69) is 15.8 Å². The molecule has 0 rings (SSSR count). The van der Waals surface area contributed by atoms with Crippen LogP contribution in [0, 0.1) is 5.41 Å². The van der Waals surface area contributed by atoms with E-state index in [0.717, 1.165) is 0 Å². The zero-order valence-corrected chi connectivity index (χ0v) is 11.3. The molecule has 0 saturated heterocycles. The molecule has 0 fully saturated rings. The summed E-state index contributed by atoms with van der Waals surface area (Å²) in [5.74, 6) is -0.700. The van der Waals surface area contributed by atoms with E-state index in [9.17, 15) is 9.59 Å². The van der Waals surface area contributed by atoms with Gasteiger partial charge in [-0.2, -0.15) is 0 Å². The van der Waals surface area contributed by atoms with Crippen LogP contribution >= 0.6 is 0 Å². The van der Waals surface area contributed by atoms with Crippen molar-refractivity contribution in [3.05, 3.63) is 0 Å². The van der Waals surface area contributed by atoms with Crippen molar-refractivity contribution in [3.63, 3.8) is 0 Å². The van der Waals surface area contributed by atoms with Crippen LogP contribution in [0.1, 0.15) is 34.1 Å². The topological polar surface area (TPSA) is 117 Å². The lowest BCUT2D eigenvalue weighted by molar-refractivity contribution is -0.126. The van der Waals surface area contributed by atoms with Crippen molar-refractivity contribution in [2.24, 2.45) is 16.3 Å². The minimum Gasteiger partial charge on any atom is -0.409 e. The molecule has 18 heavy (non-hydrogen) atoms. The van der Waals surface area contributed by atoms with Gasteiger partial charge in [0.1, 0.15) is 5.41 Å². The fourth-order valence-electron chi connectivity index (χ4n) is 1.15. The highest BCUT2D eigenvalue weighted by molar-refractivity contribution is 6.05. The Morgan fingerprint density at radius 1 is 1.39 bits per heavy atom. The number of hydrogen-bond donors (Lipinski definition) is 4. The van der Waals surface area contributed by atoms with Crippen molar-refractivity contribution in [2.45, 2.75) is 40.2 Å². The molecular formula is C11H22N4O3. The molecule has 0 aromatic heterocycles. The van der Waals surface area contributed by atoms with Gasteiger partial charge in [0.15, 0.2) is 5.84 Å². The van der Waals surface area contributed by atoms with Crippen molar-refractivity contribution in [1.29, 1.82) is 0 Å². The monoisotopic (exact) mass is 258 g/mol. The maximum absolute atomic E-state index is 11.8. The number of carbonyl (C=O) groups excluding carboxylic acids is 2. The highest BCUT2D eigenvalue weighted by Crippen LogP contribution is 2.14. The standard InChI is InChI=1S/C11H22N4O3/c1-7(2)14-8(16)5-6-13-10(17)11(3,4)9(12)15-18/h7,18H,5-6H2,1-4H3,(H2,12,15)(H,13,17)(H,14,16). The van der Waals surface area contributed by atoms with Gasteiger partial charge in [-0.3, -0.25) is 9.59 Å². The van der Waals surface area contributed by atoms with Gasteiger partial charge >= 0.3 is 0 Å². The van der Waals surface area contributed by atoms with E-state index in [1.165, 1.54) is 13.8 Å². The summed E-state index contributed by atoms with van der Waals surface area (Å²) in [4.78, 5) is 23.1. The molecule has 0 aliphatic carbocycles.